The van der Waals surface area contributed by atoms with E-state index in [4.69, 9.17) is 0 Å². The molecule has 6 nitrogen and oxygen atoms in total. The molecule has 0 aromatic heterocycles. The lowest BCUT2D eigenvalue weighted by atomic mass is 9.82. The van der Waals surface area contributed by atoms with Crippen LogP contribution in [0.15, 0.2) is 30.4 Å². The zero-order valence-electron chi connectivity index (χ0n) is 13.2. The number of allylic oxidation sites excluding steroid dienone is 2. The molecular formula is C17H12F3N3O3. The van der Waals surface area contributed by atoms with Gasteiger partial charge in [-0.15, -0.1) is 0 Å². The molecule has 5 atom stereocenters. The summed E-state index contributed by atoms with van der Waals surface area (Å²) >= 11 is 0. The quantitative estimate of drug-likeness (QED) is 0.458. The number of carbonyl (C=O) groups excluding carboxylic acids is 1. The van der Waals surface area contributed by atoms with Gasteiger partial charge >= 0.3 is 6.18 Å². The molecule has 3 aliphatic rings. The van der Waals surface area contributed by atoms with Crippen LogP contribution in [0.25, 0.3) is 0 Å². The third-order valence-corrected chi connectivity index (χ3v) is 5.58. The molecule has 4 rings (SSSR count). The average molecular weight is 363 g/mol. The summed E-state index contributed by atoms with van der Waals surface area (Å²) in [5, 5.41) is 20.5. The predicted octanol–water partition coefficient (Wildman–Crippen LogP) is 3.29. The van der Waals surface area contributed by atoms with Crippen molar-refractivity contribution in [3.63, 3.8) is 0 Å². The van der Waals surface area contributed by atoms with Crippen LogP contribution in [0.2, 0.25) is 0 Å². The standard InChI is InChI=1S/C17H12F3N3O3/c18-17(19,20)11-6-10(3-4-12(11)23(25)26)22-13(7-21)14-8-1-2-9(5-8)15(14)16(22)24/h1-4,6,8-9,13-15H,5H2/t8-,9+,13+,14+,15+/m1/s1. The number of amides is 1. The van der Waals surface area contributed by atoms with Gasteiger partial charge in [-0.05, 0) is 30.4 Å². The first-order valence-corrected chi connectivity index (χ1v) is 8.00. The largest absolute Gasteiger partial charge is 0.423 e. The molecule has 1 aromatic rings. The Morgan fingerprint density at radius 1 is 1.27 bits per heavy atom. The zero-order chi connectivity index (χ0) is 18.8. The van der Waals surface area contributed by atoms with Crippen LogP contribution in [0.4, 0.5) is 24.5 Å². The van der Waals surface area contributed by atoms with E-state index in [0.717, 1.165) is 23.5 Å². The van der Waals surface area contributed by atoms with Gasteiger partial charge in [-0.1, -0.05) is 12.2 Å². The monoisotopic (exact) mass is 363 g/mol. The van der Waals surface area contributed by atoms with E-state index in [1.807, 2.05) is 12.2 Å². The number of anilines is 1. The van der Waals surface area contributed by atoms with Crippen molar-refractivity contribution in [2.24, 2.45) is 23.7 Å². The average Bonchev–Trinajstić information content (AvgIpc) is 3.25. The smallest absolute Gasteiger partial charge is 0.295 e. The van der Waals surface area contributed by atoms with Gasteiger partial charge in [-0.2, -0.15) is 18.4 Å². The molecule has 1 amide bonds. The van der Waals surface area contributed by atoms with E-state index in [0.29, 0.717) is 6.07 Å². The van der Waals surface area contributed by atoms with E-state index in [1.165, 1.54) is 0 Å². The number of alkyl halides is 3. The number of benzene rings is 1. The Kier molecular flexibility index (Phi) is 3.38. The van der Waals surface area contributed by atoms with Gasteiger partial charge in [-0.25, -0.2) is 0 Å². The van der Waals surface area contributed by atoms with Crippen LogP contribution in [0.3, 0.4) is 0 Å². The molecule has 9 heteroatoms. The molecule has 0 radical (unpaired) electrons. The Labute approximate surface area is 145 Å². The molecule has 134 valence electrons. The minimum Gasteiger partial charge on any atom is -0.295 e. The van der Waals surface area contributed by atoms with Gasteiger partial charge < -0.3 is 0 Å². The lowest BCUT2D eigenvalue weighted by molar-refractivity contribution is -0.388. The molecule has 1 saturated heterocycles. The molecule has 2 bridgehead atoms. The van der Waals surface area contributed by atoms with Crippen molar-refractivity contribution in [1.29, 1.82) is 5.26 Å². The van der Waals surface area contributed by atoms with E-state index in [1.54, 1.807) is 0 Å². The predicted molar refractivity (Wildman–Crippen MR) is 82.7 cm³/mol. The van der Waals surface area contributed by atoms with E-state index < -0.39 is 34.3 Å². The molecule has 0 spiro atoms. The van der Waals surface area contributed by atoms with Gasteiger partial charge in [0.05, 0.1) is 16.9 Å². The van der Waals surface area contributed by atoms with Crippen molar-refractivity contribution >= 4 is 17.3 Å². The highest BCUT2D eigenvalue weighted by Crippen LogP contribution is 2.55. The second-order valence-electron chi connectivity index (χ2n) is 6.79. The first-order chi connectivity index (χ1) is 12.2. The van der Waals surface area contributed by atoms with Crippen molar-refractivity contribution in [2.75, 3.05) is 4.90 Å². The number of carbonyl (C=O) groups is 1. The second-order valence-corrected chi connectivity index (χ2v) is 6.79. The Hall–Kier alpha value is -2.89. The normalized spacial score (nSPS) is 32.0. The van der Waals surface area contributed by atoms with E-state index in [9.17, 15) is 33.3 Å². The Morgan fingerprint density at radius 2 is 1.96 bits per heavy atom. The topological polar surface area (TPSA) is 87.2 Å². The first kappa shape index (κ1) is 16.6. The number of rotatable bonds is 2. The van der Waals surface area contributed by atoms with Crippen molar-refractivity contribution in [1.82, 2.24) is 0 Å². The molecule has 1 saturated carbocycles. The highest BCUT2D eigenvalue weighted by molar-refractivity contribution is 6.00. The third-order valence-electron chi connectivity index (χ3n) is 5.58. The maximum absolute atomic E-state index is 13.2. The molecule has 1 aromatic carbocycles. The van der Waals surface area contributed by atoms with Crippen LogP contribution < -0.4 is 4.90 Å². The highest BCUT2D eigenvalue weighted by Gasteiger charge is 2.59. The van der Waals surface area contributed by atoms with E-state index in [2.05, 4.69) is 6.07 Å². The molecule has 0 unspecified atom stereocenters. The van der Waals surface area contributed by atoms with Gasteiger partial charge in [0.15, 0.2) is 0 Å². The van der Waals surface area contributed by atoms with Crippen molar-refractivity contribution < 1.29 is 22.9 Å². The molecular weight excluding hydrogens is 351 g/mol. The van der Waals surface area contributed by atoms with Crippen LogP contribution in [-0.4, -0.2) is 16.9 Å². The SMILES string of the molecule is N#C[C@H]1[C@H]2[C@@H](C(=O)N1c1ccc([N+](=O)[O-])c(C(F)(F)F)c1)[C@H]1C=C[C@@H]2C1. The minimum absolute atomic E-state index is 0.00140. The molecule has 0 N–H and O–H groups in total. The fraction of sp³-hybridized carbons (Fsp3) is 0.412. The molecule has 1 aliphatic heterocycles. The van der Waals surface area contributed by atoms with Gasteiger partial charge in [0.1, 0.15) is 11.6 Å². The fourth-order valence-electron chi connectivity index (χ4n) is 4.60. The molecule has 2 fully saturated rings. The first-order valence-electron chi connectivity index (χ1n) is 8.00. The molecule has 2 aliphatic carbocycles. The Bertz CT molecular complexity index is 889. The van der Waals surface area contributed by atoms with Gasteiger partial charge in [0.2, 0.25) is 5.91 Å². The van der Waals surface area contributed by atoms with Crippen molar-refractivity contribution in [2.45, 2.75) is 18.6 Å². The molecule has 1 heterocycles. The lowest BCUT2D eigenvalue weighted by Crippen LogP contribution is -2.36. The zero-order valence-corrected chi connectivity index (χ0v) is 13.2. The number of hydrogen-bond donors (Lipinski definition) is 0. The van der Waals surface area contributed by atoms with Crippen molar-refractivity contribution in [3.05, 3.63) is 46.0 Å². The second kappa shape index (κ2) is 5.30. The summed E-state index contributed by atoms with van der Waals surface area (Å²) in [6.07, 6.45) is -0.274. The fourth-order valence-corrected chi connectivity index (χ4v) is 4.60. The lowest BCUT2D eigenvalue weighted by Gasteiger charge is -2.25. The minimum atomic E-state index is -4.94. The van der Waals surface area contributed by atoms with E-state index in [-0.39, 0.29) is 29.3 Å². The summed E-state index contributed by atoms with van der Waals surface area (Å²) in [4.78, 5) is 23.7. The summed E-state index contributed by atoms with van der Waals surface area (Å²) in [6, 6.07) is 3.61. The maximum atomic E-state index is 13.2. The number of nitro groups is 1. The van der Waals surface area contributed by atoms with Gasteiger partial charge in [0, 0.05) is 17.7 Å². The van der Waals surface area contributed by atoms with Gasteiger partial charge in [-0.3, -0.25) is 19.8 Å². The Morgan fingerprint density at radius 3 is 2.58 bits per heavy atom. The summed E-state index contributed by atoms with van der Waals surface area (Å²) in [5.41, 5.74) is -2.64. The molecule has 26 heavy (non-hydrogen) atoms. The number of hydrogen-bond acceptors (Lipinski definition) is 4. The van der Waals surface area contributed by atoms with Crippen LogP contribution in [0.1, 0.15) is 12.0 Å². The number of halogens is 3. The number of nitrogens with zero attached hydrogens (tertiary/aromatic N) is 3. The van der Waals surface area contributed by atoms with Gasteiger partial charge in [0.25, 0.3) is 5.69 Å². The number of nitriles is 1. The summed E-state index contributed by atoms with van der Waals surface area (Å²) in [6.45, 7) is 0. The third kappa shape index (κ3) is 2.14. The van der Waals surface area contributed by atoms with Crippen LogP contribution >= 0.6 is 0 Å². The summed E-state index contributed by atoms with van der Waals surface area (Å²) in [5.74, 6) is -1.01. The van der Waals surface area contributed by atoms with Crippen LogP contribution in [0.5, 0.6) is 0 Å². The number of fused-ring (bicyclic) bond motifs is 5. The summed E-state index contributed by atoms with van der Waals surface area (Å²) in [7, 11) is 0. The maximum Gasteiger partial charge on any atom is 0.423 e. The van der Waals surface area contributed by atoms with Crippen molar-refractivity contribution in [3.8, 4) is 6.07 Å². The highest BCUT2D eigenvalue weighted by atomic mass is 19.4. The van der Waals surface area contributed by atoms with E-state index >= 15 is 0 Å². The number of nitro benzene ring substituents is 1. The van der Waals surface area contributed by atoms with Crippen LogP contribution in [0, 0.1) is 45.1 Å². The Balaban J connectivity index is 1.80. The summed E-state index contributed by atoms with van der Waals surface area (Å²) < 4.78 is 39.7. The van der Waals surface area contributed by atoms with Crippen LogP contribution in [-0.2, 0) is 11.0 Å².